The zero-order chi connectivity index (χ0) is 19.1. The van der Waals surface area contributed by atoms with Crippen LogP contribution in [0.1, 0.15) is 34.9 Å². The number of hydrogen-bond acceptors (Lipinski definition) is 4. The van der Waals surface area contributed by atoms with E-state index in [4.69, 9.17) is 0 Å². The zero-order valence-corrected chi connectivity index (χ0v) is 15.2. The number of carbonyl (C=O) groups is 1. The number of amides is 1. The third-order valence-electron chi connectivity index (χ3n) is 5.07. The summed E-state index contributed by atoms with van der Waals surface area (Å²) in [5.74, 6) is 0.110. The number of carbonyl (C=O) groups excluding carboxylic acids is 1. The molecule has 3 aromatic rings. The van der Waals surface area contributed by atoms with Crippen LogP contribution in [-0.2, 0) is 14.1 Å². The fraction of sp³-hybridized carbons (Fsp3) is 0.300. The van der Waals surface area contributed by atoms with Crippen molar-refractivity contribution in [1.29, 1.82) is 0 Å². The second-order valence-electron chi connectivity index (χ2n) is 6.97. The van der Waals surface area contributed by atoms with E-state index in [1.165, 1.54) is 24.7 Å². The Labute approximate surface area is 155 Å². The third kappa shape index (κ3) is 3.05. The van der Waals surface area contributed by atoms with Gasteiger partial charge in [0.15, 0.2) is 0 Å². The maximum Gasteiger partial charge on any atom is 0.332 e. The van der Waals surface area contributed by atoms with E-state index in [2.05, 4.69) is 10.3 Å². The predicted octanol–water partition coefficient (Wildman–Crippen LogP) is 1.51. The van der Waals surface area contributed by atoms with Crippen LogP contribution in [-0.4, -0.2) is 20.0 Å². The molecule has 1 saturated carbocycles. The van der Waals surface area contributed by atoms with E-state index >= 15 is 0 Å². The second kappa shape index (κ2) is 6.50. The zero-order valence-electron chi connectivity index (χ0n) is 15.2. The van der Waals surface area contributed by atoms with Gasteiger partial charge in [-0.15, -0.1) is 0 Å². The lowest BCUT2D eigenvalue weighted by molar-refractivity contribution is 0.0927. The number of fused-ring (bicyclic) bond motifs is 1. The minimum Gasteiger partial charge on any atom is -0.344 e. The molecule has 1 aromatic carbocycles. The SMILES string of the molecule is Cn1c(=O)c2ccc(C(=O)NC(c3ccccc3)C3CC3)nc2n(C)c1=O. The van der Waals surface area contributed by atoms with Gasteiger partial charge in [-0.3, -0.25) is 18.7 Å². The first-order chi connectivity index (χ1) is 13.0. The second-order valence-corrected chi connectivity index (χ2v) is 6.97. The Kier molecular flexibility index (Phi) is 4.14. The molecule has 1 amide bonds. The van der Waals surface area contributed by atoms with E-state index in [0.717, 1.165) is 23.0 Å². The maximum absolute atomic E-state index is 12.8. The first-order valence-electron chi connectivity index (χ1n) is 8.90. The summed E-state index contributed by atoms with van der Waals surface area (Å²) in [5, 5.41) is 3.37. The van der Waals surface area contributed by atoms with Crippen molar-refractivity contribution in [1.82, 2.24) is 19.4 Å². The lowest BCUT2D eigenvalue weighted by atomic mass is 10.0. The minimum absolute atomic E-state index is 0.0661. The number of rotatable bonds is 4. The summed E-state index contributed by atoms with van der Waals surface area (Å²) in [7, 11) is 2.96. The molecule has 138 valence electrons. The van der Waals surface area contributed by atoms with Crippen molar-refractivity contribution in [3.05, 3.63) is 74.6 Å². The molecule has 1 aliphatic rings. The van der Waals surface area contributed by atoms with E-state index < -0.39 is 11.2 Å². The molecular weight excluding hydrogens is 344 g/mol. The molecule has 1 N–H and O–H groups in total. The van der Waals surface area contributed by atoms with Crippen LogP contribution in [0.15, 0.2) is 52.1 Å². The van der Waals surface area contributed by atoms with E-state index in [1.54, 1.807) is 6.07 Å². The Morgan fingerprint density at radius 1 is 1.07 bits per heavy atom. The fourth-order valence-corrected chi connectivity index (χ4v) is 3.36. The van der Waals surface area contributed by atoms with Crippen molar-refractivity contribution < 1.29 is 4.79 Å². The average Bonchev–Trinajstić information content (AvgIpc) is 3.54. The number of benzene rings is 1. The molecule has 7 heteroatoms. The van der Waals surface area contributed by atoms with Crippen LogP contribution < -0.4 is 16.6 Å². The van der Waals surface area contributed by atoms with Gasteiger partial charge < -0.3 is 5.32 Å². The summed E-state index contributed by atoms with van der Waals surface area (Å²) >= 11 is 0. The van der Waals surface area contributed by atoms with E-state index in [-0.39, 0.29) is 23.3 Å². The Balaban J connectivity index is 1.70. The van der Waals surface area contributed by atoms with Gasteiger partial charge in [-0.25, -0.2) is 9.78 Å². The van der Waals surface area contributed by atoms with E-state index in [0.29, 0.717) is 11.3 Å². The quantitative estimate of drug-likeness (QED) is 0.760. The number of hydrogen-bond donors (Lipinski definition) is 1. The first kappa shape index (κ1) is 17.2. The summed E-state index contributed by atoms with van der Waals surface area (Å²) in [4.78, 5) is 41.5. The highest BCUT2D eigenvalue weighted by molar-refractivity contribution is 5.94. The summed E-state index contributed by atoms with van der Waals surface area (Å²) in [6.07, 6.45) is 2.16. The summed E-state index contributed by atoms with van der Waals surface area (Å²) in [6.45, 7) is 0. The highest BCUT2D eigenvalue weighted by Crippen LogP contribution is 2.41. The molecule has 0 bridgehead atoms. The highest BCUT2D eigenvalue weighted by atomic mass is 16.2. The van der Waals surface area contributed by atoms with Crippen molar-refractivity contribution in [2.45, 2.75) is 18.9 Å². The van der Waals surface area contributed by atoms with Gasteiger partial charge in [-0.1, -0.05) is 30.3 Å². The van der Waals surface area contributed by atoms with Crippen LogP contribution in [0.5, 0.6) is 0 Å². The summed E-state index contributed by atoms with van der Waals surface area (Å²) < 4.78 is 2.31. The average molecular weight is 364 g/mol. The number of aromatic nitrogens is 3. The first-order valence-corrected chi connectivity index (χ1v) is 8.90. The Bertz CT molecular complexity index is 1140. The molecule has 1 fully saturated rings. The smallest absolute Gasteiger partial charge is 0.332 e. The van der Waals surface area contributed by atoms with Crippen molar-refractivity contribution in [2.24, 2.45) is 20.0 Å². The lowest BCUT2D eigenvalue weighted by Crippen LogP contribution is -2.37. The van der Waals surface area contributed by atoms with Crippen LogP contribution in [0.3, 0.4) is 0 Å². The van der Waals surface area contributed by atoms with Gasteiger partial charge in [0, 0.05) is 14.1 Å². The van der Waals surface area contributed by atoms with Crippen LogP contribution in [0.4, 0.5) is 0 Å². The van der Waals surface area contributed by atoms with Crippen molar-refractivity contribution in [2.75, 3.05) is 0 Å². The highest BCUT2D eigenvalue weighted by Gasteiger charge is 2.33. The molecule has 0 saturated heterocycles. The van der Waals surface area contributed by atoms with E-state index in [1.807, 2.05) is 30.3 Å². The fourth-order valence-electron chi connectivity index (χ4n) is 3.36. The largest absolute Gasteiger partial charge is 0.344 e. The predicted molar refractivity (Wildman–Crippen MR) is 102 cm³/mol. The van der Waals surface area contributed by atoms with Gasteiger partial charge in [-0.2, -0.15) is 0 Å². The Morgan fingerprint density at radius 3 is 2.44 bits per heavy atom. The monoisotopic (exact) mass is 364 g/mol. The Hall–Kier alpha value is -3.22. The minimum atomic E-state index is -0.474. The summed E-state index contributed by atoms with van der Waals surface area (Å²) in [5.41, 5.74) is 0.562. The third-order valence-corrected chi connectivity index (χ3v) is 5.07. The molecular formula is C20H20N4O3. The maximum atomic E-state index is 12.8. The molecule has 1 aliphatic carbocycles. The number of nitrogens with one attached hydrogen (secondary N) is 1. The topological polar surface area (TPSA) is 86.0 Å². The number of nitrogens with zero attached hydrogens (tertiary/aromatic N) is 3. The molecule has 0 radical (unpaired) electrons. The van der Waals surface area contributed by atoms with Crippen LogP contribution in [0, 0.1) is 5.92 Å². The number of aryl methyl sites for hydroxylation is 1. The van der Waals surface area contributed by atoms with Crippen molar-refractivity contribution in [3.63, 3.8) is 0 Å². The van der Waals surface area contributed by atoms with Crippen LogP contribution in [0.25, 0.3) is 11.0 Å². The number of pyridine rings is 1. The van der Waals surface area contributed by atoms with Gasteiger partial charge >= 0.3 is 5.69 Å². The molecule has 2 aromatic heterocycles. The molecule has 1 atom stereocenters. The van der Waals surface area contributed by atoms with Gasteiger partial charge in [0.25, 0.3) is 11.5 Å². The van der Waals surface area contributed by atoms with Gasteiger partial charge in [0.1, 0.15) is 11.3 Å². The molecule has 1 unspecified atom stereocenters. The van der Waals surface area contributed by atoms with Crippen molar-refractivity contribution >= 4 is 16.9 Å². The van der Waals surface area contributed by atoms with Crippen LogP contribution in [0.2, 0.25) is 0 Å². The van der Waals surface area contributed by atoms with Crippen molar-refractivity contribution in [3.8, 4) is 0 Å². The van der Waals surface area contributed by atoms with Crippen LogP contribution >= 0.6 is 0 Å². The molecule has 27 heavy (non-hydrogen) atoms. The van der Waals surface area contributed by atoms with Gasteiger partial charge in [0.05, 0.1) is 11.4 Å². The van der Waals surface area contributed by atoms with Gasteiger partial charge in [0.2, 0.25) is 0 Å². The standard InChI is InChI=1S/C20H20N4O3/c1-23-17-14(19(26)24(2)20(23)27)10-11-15(21-17)18(25)22-16(13-8-9-13)12-6-4-3-5-7-12/h3-7,10-11,13,16H,8-9H2,1-2H3,(H,22,25). The molecule has 0 spiro atoms. The molecule has 2 heterocycles. The van der Waals surface area contributed by atoms with E-state index in [9.17, 15) is 14.4 Å². The molecule has 7 nitrogen and oxygen atoms in total. The summed E-state index contributed by atoms with van der Waals surface area (Å²) in [6, 6.07) is 12.9. The van der Waals surface area contributed by atoms with Gasteiger partial charge in [-0.05, 0) is 36.5 Å². The lowest BCUT2D eigenvalue weighted by Gasteiger charge is -2.18. The normalized spacial score (nSPS) is 14.9. The molecule has 0 aliphatic heterocycles. The Morgan fingerprint density at radius 2 is 1.78 bits per heavy atom. The molecule has 4 rings (SSSR count).